The summed E-state index contributed by atoms with van der Waals surface area (Å²) in [5.74, 6) is 3.16. The molecular formula is C18H28O3. The molecule has 1 aliphatic heterocycles. The van der Waals surface area contributed by atoms with Crippen molar-refractivity contribution in [1.82, 2.24) is 0 Å². The zero-order chi connectivity index (χ0) is 14.1. The molecule has 0 atom stereocenters. The smallest absolute Gasteiger partial charge is 0.210 e. The van der Waals surface area contributed by atoms with Crippen LogP contribution in [0.5, 0.6) is 0 Å². The maximum absolute atomic E-state index is 6.70. The molecule has 0 amide bonds. The van der Waals surface area contributed by atoms with Crippen molar-refractivity contribution < 1.29 is 14.5 Å². The zero-order valence-corrected chi connectivity index (χ0v) is 13.2. The van der Waals surface area contributed by atoms with Gasteiger partial charge in [-0.2, -0.15) is 9.78 Å². The molecule has 2 spiro atoms. The molecule has 3 heteroatoms. The quantitative estimate of drug-likeness (QED) is 0.670. The van der Waals surface area contributed by atoms with E-state index in [-0.39, 0.29) is 5.79 Å². The van der Waals surface area contributed by atoms with E-state index in [0.29, 0.717) is 11.8 Å². The van der Waals surface area contributed by atoms with Crippen LogP contribution < -0.4 is 0 Å². The topological polar surface area (TPSA) is 27.7 Å². The van der Waals surface area contributed by atoms with Gasteiger partial charge >= 0.3 is 0 Å². The van der Waals surface area contributed by atoms with Gasteiger partial charge in [0.25, 0.3) is 0 Å². The standard InChI is InChI=1S/C18H28O3/c1-2-12-3-5-17(6-4-12)19-18(21-20-17)15-8-13-7-14(10-15)11-16(18)9-13/h12-16H,2-11H2,1H3/t12-,13?,14?,15?,16?,17+,18-. The number of ether oxygens (including phenoxy) is 1. The Morgan fingerprint density at radius 2 is 1.48 bits per heavy atom. The molecular weight excluding hydrogens is 264 g/mol. The second-order valence-electron chi connectivity index (χ2n) is 8.56. The van der Waals surface area contributed by atoms with E-state index < -0.39 is 5.79 Å². The van der Waals surface area contributed by atoms with E-state index in [1.54, 1.807) is 0 Å². The highest BCUT2D eigenvalue weighted by atomic mass is 17.3. The van der Waals surface area contributed by atoms with E-state index in [0.717, 1.165) is 30.6 Å². The maximum atomic E-state index is 6.70. The molecule has 6 rings (SSSR count). The van der Waals surface area contributed by atoms with Crippen LogP contribution in [0.4, 0.5) is 0 Å². The average molecular weight is 292 g/mol. The first kappa shape index (κ1) is 13.3. The molecule has 0 aromatic heterocycles. The van der Waals surface area contributed by atoms with Gasteiger partial charge in [-0.15, -0.1) is 0 Å². The third-order valence-electron chi connectivity index (χ3n) is 7.39. The first-order chi connectivity index (χ1) is 10.2. The van der Waals surface area contributed by atoms with E-state index in [9.17, 15) is 0 Å². The van der Waals surface area contributed by atoms with Gasteiger partial charge in [0, 0.05) is 24.7 Å². The molecule has 0 unspecified atom stereocenters. The molecule has 0 aromatic carbocycles. The molecule has 0 aromatic rings. The molecule has 6 fully saturated rings. The Kier molecular flexibility index (Phi) is 2.83. The number of hydrogen-bond donors (Lipinski definition) is 0. The van der Waals surface area contributed by atoms with Gasteiger partial charge in [0.2, 0.25) is 11.6 Å². The van der Waals surface area contributed by atoms with Gasteiger partial charge in [0.1, 0.15) is 0 Å². The van der Waals surface area contributed by atoms with E-state index in [4.69, 9.17) is 14.5 Å². The summed E-state index contributed by atoms with van der Waals surface area (Å²) in [6.07, 6.45) is 12.5. The fourth-order valence-corrected chi connectivity index (χ4v) is 6.32. The third kappa shape index (κ3) is 1.83. The third-order valence-corrected chi connectivity index (χ3v) is 7.39. The Hall–Kier alpha value is -0.120. The Bertz CT molecular complexity index is 396. The molecule has 118 valence electrons. The minimum absolute atomic E-state index is 0.369. The van der Waals surface area contributed by atoms with E-state index in [2.05, 4.69) is 6.92 Å². The molecule has 21 heavy (non-hydrogen) atoms. The van der Waals surface area contributed by atoms with Crippen LogP contribution in [0.1, 0.15) is 71.1 Å². The SMILES string of the molecule is CC[C@H]1CC[C@]2(CC1)OO[C@]1(O2)C2CC3CC(C2)CC1C3. The lowest BCUT2D eigenvalue weighted by molar-refractivity contribution is -0.390. The van der Waals surface area contributed by atoms with Crippen molar-refractivity contribution in [2.75, 3.05) is 0 Å². The maximum Gasteiger partial charge on any atom is 0.210 e. The van der Waals surface area contributed by atoms with Crippen molar-refractivity contribution in [2.24, 2.45) is 29.6 Å². The normalized spacial score (nSPS) is 58.4. The van der Waals surface area contributed by atoms with Gasteiger partial charge in [-0.3, -0.25) is 0 Å². The summed E-state index contributed by atoms with van der Waals surface area (Å²) in [7, 11) is 0. The van der Waals surface area contributed by atoms with Crippen molar-refractivity contribution in [1.29, 1.82) is 0 Å². The van der Waals surface area contributed by atoms with Gasteiger partial charge < -0.3 is 4.74 Å². The first-order valence-corrected chi connectivity index (χ1v) is 9.28. The highest BCUT2D eigenvalue weighted by molar-refractivity contribution is 5.05. The largest absolute Gasteiger partial charge is 0.312 e. The summed E-state index contributed by atoms with van der Waals surface area (Å²) in [6.45, 7) is 2.30. The number of rotatable bonds is 1. The molecule has 0 radical (unpaired) electrons. The van der Waals surface area contributed by atoms with Gasteiger partial charge in [-0.25, -0.2) is 0 Å². The Balaban J connectivity index is 1.38. The highest BCUT2D eigenvalue weighted by Gasteiger charge is 2.66. The fourth-order valence-electron chi connectivity index (χ4n) is 6.32. The second-order valence-corrected chi connectivity index (χ2v) is 8.56. The van der Waals surface area contributed by atoms with Crippen LogP contribution in [0, 0.1) is 29.6 Å². The molecule has 5 aliphatic carbocycles. The van der Waals surface area contributed by atoms with Crippen molar-refractivity contribution in [3.8, 4) is 0 Å². The predicted molar refractivity (Wildman–Crippen MR) is 78.0 cm³/mol. The Labute approximate surface area is 127 Å². The van der Waals surface area contributed by atoms with Gasteiger partial charge in [-0.1, -0.05) is 13.3 Å². The molecule has 0 N–H and O–H groups in total. The van der Waals surface area contributed by atoms with Crippen LogP contribution in [0.15, 0.2) is 0 Å². The molecule has 4 bridgehead atoms. The zero-order valence-electron chi connectivity index (χ0n) is 13.2. The second kappa shape index (κ2) is 4.46. The molecule has 5 saturated carbocycles. The fraction of sp³-hybridized carbons (Fsp3) is 1.00. The monoisotopic (exact) mass is 292 g/mol. The molecule has 1 saturated heterocycles. The van der Waals surface area contributed by atoms with Crippen LogP contribution in [0.3, 0.4) is 0 Å². The predicted octanol–water partition coefficient (Wildman–Crippen LogP) is 4.41. The lowest BCUT2D eigenvalue weighted by Gasteiger charge is -2.57. The summed E-state index contributed by atoms with van der Waals surface area (Å²) >= 11 is 0. The minimum Gasteiger partial charge on any atom is -0.312 e. The van der Waals surface area contributed by atoms with Crippen LogP contribution in [0.25, 0.3) is 0 Å². The van der Waals surface area contributed by atoms with Gasteiger partial charge in [0.05, 0.1) is 0 Å². The van der Waals surface area contributed by atoms with Crippen LogP contribution in [0.2, 0.25) is 0 Å². The number of hydrogen-bond acceptors (Lipinski definition) is 3. The van der Waals surface area contributed by atoms with Crippen molar-refractivity contribution in [2.45, 2.75) is 82.7 Å². The Morgan fingerprint density at radius 3 is 2.05 bits per heavy atom. The lowest BCUT2D eigenvalue weighted by atomic mass is 9.53. The molecule has 6 aliphatic rings. The molecule has 1 heterocycles. The van der Waals surface area contributed by atoms with Crippen LogP contribution in [-0.2, 0) is 14.5 Å². The minimum atomic E-state index is -0.402. The summed E-state index contributed by atoms with van der Waals surface area (Å²) in [5.41, 5.74) is 0. The van der Waals surface area contributed by atoms with E-state index in [1.165, 1.54) is 51.4 Å². The Morgan fingerprint density at radius 1 is 0.857 bits per heavy atom. The van der Waals surface area contributed by atoms with Crippen molar-refractivity contribution >= 4 is 0 Å². The van der Waals surface area contributed by atoms with E-state index in [1.807, 2.05) is 0 Å². The summed E-state index contributed by atoms with van der Waals surface area (Å²) in [5, 5.41) is 0. The summed E-state index contributed by atoms with van der Waals surface area (Å²) in [6, 6.07) is 0. The van der Waals surface area contributed by atoms with E-state index >= 15 is 0 Å². The van der Waals surface area contributed by atoms with Crippen LogP contribution in [-0.4, -0.2) is 11.6 Å². The molecule has 3 nitrogen and oxygen atoms in total. The highest BCUT2D eigenvalue weighted by Crippen LogP contribution is 2.63. The first-order valence-electron chi connectivity index (χ1n) is 9.28. The van der Waals surface area contributed by atoms with Crippen LogP contribution >= 0.6 is 0 Å². The average Bonchev–Trinajstić information content (AvgIpc) is 2.86. The van der Waals surface area contributed by atoms with Gasteiger partial charge in [-0.05, 0) is 62.7 Å². The lowest BCUT2D eigenvalue weighted by Crippen LogP contribution is -2.59. The summed E-state index contributed by atoms with van der Waals surface area (Å²) < 4.78 is 6.70. The van der Waals surface area contributed by atoms with Gasteiger partial charge in [0.15, 0.2) is 0 Å². The van der Waals surface area contributed by atoms with Crippen molar-refractivity contribution in [3.63, 3.8) is 0 Å². The summed E-state index contributed by atoms with van der Waals surface area (Å²) in [4.78, 5) is 12.0. The van der Waals surface area contributed by atoms with Crippen molar-refractivity contribution in [3.05, 3.63) is 0 Å².